The summed E-state index contributed by atoms with van der Waals surface area (Å²) in [5.41, 5.74) is 6.89. The molecule has 17 heavy (non-hydrogen) atoms. The molecule has 4 heteroatoms. The summed E-state index contributed by atoms with van der Waals surface area (Å²) in [4.78, 5) is 6.43. The molecule has 0 bridgehead atoms. The van der Waals surface area contributed by atoms with Crippen molar-refractivity contribution in [2.24, 2.45) is 11.8 Å². The summed E-state index contributed by atoms with van der Waals surface area (Å²) < 4.78 is 0. The third-order valence-electron chi connectivity index (χ3n) is 4.15. The zero-order valence-corrected chi connectivity index (χ0v) is 9.92. The Hall–Kier alpha value is -1.13. The zero-order chi connectivity index (χ0) is 11.8. The highest BCUT2D eigenvalue weighted by atomic mass is 16.3. The summed E-state index contributed by atoms with van der Waals surface area (Å²) >= 11 is 0. The number of hydrogen-bond donors (Lipinski definition) is 2. The van der Waals surface area contributed by atoms with E-state index < -0.39 is 0 Å². The fraction of sp³-hybridized carbons (Fsp3) is 0.615. The second-order valence-corrected chi connectivity index (χ2v) is 5.35. The van der Waals surface area contributed by atoms with E-state index >= 15 is 0 Å². The highest BCUT2D eigenvalue weighted by Gasteiger charge is 2.41. The number of nitrogen functional groups attached to an aromatic ring is 1. The molecule has 1 saturated heterocycles. The van der Waals surface area contributed by atoms with Crippen LogP contribution < -0.4 is 5.73 Å². The SMILES string of the molecule is Nc1cc(CN2CC3CCC(O)C3C2)ccn1. The molecule has 1 aromatic rings. The lowest BCUT2D eigenvalue weighted by molar-refractivity contribution is 0.123. The van der Waals surface area contributed by atoms with Crippen LogP contribution in [0.15, 0.2) is 18.3 Å². The van der Waals surface area contributed by atoms with Gasteiger partial charge in [-0.15, -0.1) is 0 Å². The van der Waals surface area contributed by atoms with E-state index in [2.05, 4.69) is 9.88 Å². The molecule has 3 N–H and O–H groups in total. The lowest BCUT2D eigenvalue weighted by Gasteiger charge is -2.18. The van der Waals surface area contributed by atoms with Crippen LogP contribution in [0.4, 0.5) is 5.82 Å². The average Bonchev–Trinajstić information content (AvgIpc) is 2.82. The molecule has 2 aliphatic rings. The Kier molecular flexibility index (Phi) is 2.76. The highest BCUT2D eigenvalue weighted by Crippen LogP contribution is 2.38. The largest absolute Gasteiger partial charge is 0.393 e. The van der Waals surface area contributed by atoms with Crippen molar-refractivity contribution in [3.05, 3.63) is 23.9 Å². The van der Waals surface area contributed by atoms with Crippen LogP contribution in [0, 0.1) is 11.8 Å². The first-order chi connectivity index (χ1) is 8.22. The average molecular weight is 233 g/mol. The van der Waals surface area contributed by atoms with E-state index in [-0.39, 0.29) is 6.10 Å². The number of anilines is 1. The first-order valence-corrected chi connectivity index (χ1v) is 6.33. The Labute approximate surface area is 101 Å². The molecule has 1 aromatic heterocycles. The van der Waals surface area contributed by atoms with E-state index in [1.807, 2.05) is 12.1 Å². The predicted molar refractivity (Wildman–Crippen MR) is 66.1 cm³/mol. The predicted octanol–water partition coefficient (Wildman–Crippen LogP) is 0.867. The van der Waals surface area contributed by atoms with E-state index in [9.17, 15) is 5.11 Å². The summed E-state index contributed by atoms with van der Waals surface area (Å²) in [5.74, 6) is 1.78. The van der Waals surface area contributed by atoms with Gasteiger partial charge >= 0.3 is 0 Å². The van der Waals surface area contributed by atoms with E-state index in [0.29, 0.717) is 17.7 Å². The van der Waals surface area contributed by atoms with Crippen molar-refractivity contribution >= 4 is 5.82 Å². The molecule has 0 amide bonds. The molecule has 1 aliphatic carbocycles. The van der Waals surface area contributed by atoms with Crippen LogP contribution >= 0.6 is 0 Å². The minimum Gasteiger partial charge on any atom is -0.393 e. The molecule has 92 valence electrons. The number of pyridine rings is 1. The fourth-order valence-corrected chi connectivity index (χ4v) is 3.31. The van der Waals surface area contributed by atoms with Gasteiger partial charge in [-0.3, -0.25) is 4.90 Å². The van der Waals surface area contributed by atoms with Gasteiger partial charge in [-0.2, -0.15) is 0 Å². The smallest absolute Gasteiger partial charge is 0.123 e. The van der Waals surface area contributed by atoms with Crippen molar-refractivity contribution < 1.29 is 5.11 Å². The second-order valence-electron chi connectivity index (χ2n) is 5.35. The van der Waals surface area contributed by atoms with Gasteiger partial charge in [-0.1, -0.05) is 0 Å². The van der Waals surface area contributed by atoms with Crippen LogP contribution in [-0.2, 0) is 6.54 Å². The summed E-state index contributed by atoms with van der Waals surface area (Å²) in [5, 5.41) is 9.87. The third kappa shape index (κ3) is 2.15. The fourth-order valence-electron chi connectivity index (χ4n) is 3.31. The maximum atomic E-state index is 9.87. The van der Waals surface area contributed by atoms with Gasteiger partial charge in [0.25, 0.3) is 0 Å². The van der Waals surface area contributed by atoms with Gasteiger partial charge in [0.2, 0.25) is 0 Å². The van der Waals surface area contributed by atoms with E-state index in [1.54, 1.807) is 6.20 Å². The van der Waals surface area contributed by atoms with E-state index in [4.69, 9.17) is 5.73 Å². The number of aliphatic hydroxyl groups is 1. The summed E-state index contributed by atoms with van der Waals surface area (Å²) in [6, 6.07) is 3.95. The quantitative estimate of drug-likeness (QED) is 0.795. The Bertz CT molecular complexity index is 409. The first kappa shape index (κ1) is 11.0. The zero-order valence-electron chi connectivity index (χ0n) is 9.92. The first-order valence-electron chi connectivity index (χ1n) is 6.33. The molecule has 1 aliphatic heterocycles. The Morgan fingerprint density at radius 1 is 1.41 bits per heavy atom. The Morgan fingerprint density at radius 2 is 2.29 bits per heavy atom. The molecule has 3 unspecified atom stereocenters. The van der Waals surface area contributed by atoms with Gasteiger partial charge < -0.3 is 10.8 Å². The van der Waals surface area contributed by atoms with Crippen LogP contribution in [0.2, 0.25) is 0 Å². The van der Waals surface area contributed by atoms with Crippen LogP contribution in [0.3, 0.4) is 0 Å². The lowest BCUT2D eigenvalue weighted by Crippen LogP contribution is -2.24. The van der Waals surface area contributed by atoms with Crippen molar-refractivity contribution in [1.82, 2.24) is 9.88 Å². The third-order valence-corrected chi connectivity index (χ3v) is 4.15. The number of hydrogen-bond acceptors (Lipinski definition) is 4. The van der Waals surface area contributed by atoms with Crippen molar-refractivity contribution in [2.45, 2.75) is 25.5 Å². The second kappa shape index (κ2) is 4.27. The normalized spacial score (nSPS) is 32.9. The summed E-state index contributed by atoms with van der Waals surface area (Å²) in [7, 11) is 0. The van der Waals surface area contributed by atoms with Crippen LogP contribution in [0.25, 0.3) is 0 Å². The van der Waals surface area contributed by atoms with Gasteiger partial charge in [-0.25, -0.2) is 4.98 Å². The van der Waals surface area contributed by atoms with Crippen molar-refractivity contribution in [2.75, 3.05) is 18.8 Å². The van der Waals surface area contributed by atoms with Crippen molar-refractivity contribution in [3.8, 4) is 0 Å². The molecule has 3 atom stereocenters. The molecular formula is C13H19N3O. The minimum atomic E-state index is -0.0764. The molecule has 3 rings (SSSR count). The van der Waals surface area contributed by atoms with Crippen LogP contribution in [0.5, 0.6) is 0 Å². The van der Waals surface area contributed by atoms with Crippen LogP contribution in [-0.4, -0.2) is 34.2 Å². The van der Waals surface area contributed by atoms with E-state index in [1.165, 1.54) is 12.0 Å². The molecule has 1 saturated carbocycles. The number of nitrogens with two attached hydrogens (primary N) is 1. The van der Waals surface area contributed by atoms with Gasteiger partial charge in [0, 0.05) is 31.7 Å². The number of aliphatic hydroxyl groups excluding tert-OH is 1. The standard InChI is InChI=1S/C13H19N3O/c14-13-5-9(3-4-15-13)6-16-7-10-1-2-12(17)11(10)8-16/h3-5,10-12,17H,1-2,6-8H2,(H2,14,15). The molecule has 0 aromatic carbocycles. The van der Waals surface area contributed by atoms with Gasteiger partial charge in [-0.05, 0) is 36.5 Å². The van der Waals surface area contributed by atoms with Crippen LogP contribution in [0.1, 0.15) is 18.4 Å². The number of rotatable bonds is 2. The number of likely N-dealkylation sites (tertiary alicyclic amines) is 1. The van der Waals surface area contributed by atoms with E-state index in [0.717, 1.165) is 26.1 Å². The molecule has 0 radical (unpaired) electrons. The van der Waals surface area contributed by atoms with Gasteiger partial charge in [0.1, 0.15) is 5.82 Å². The Balaban J connectivity index is 1.64. The van der Waals surface area contributed by atoms with Crippen molar-refractivity contribution in [3.63, 3.8) is 0 Å². The maximum Gasteiger partial charge on any atom is 0.123 e. The minimum absolute atomic E-state index is 0.0764. The lowest BCUT2D eigenvalue weighted by atomic mass is 10.00. The molecule has 0 spiro atoms. The number of nitrogens with zero attached hydrogens (tertiary/aromatic N) is 2. The molecule has 4 nitrogen and oxygen atoms in total. The monoisotopic (exact) mass is 233 g/mol. The molecule has 2 fully saturated rings. The maximum absolute atomic E-state index is 9.87. The summed E-state index contributed by atoms with van der Waals surface area (Å²) in [6.45, 7) is 3.06. The van der Waals surface area contributed by atoms with Crippen molar-refractivity contribution in [1.29, 1.82) is 0 Å². The topological polar surface area (TPSA) is 62.4 Å². The number of fused-ring (bicyclic) bond motifs is 1. The Morgan fingerprint density at radius 3 is 3.06 bits per heavy atom. The molecule has 2 heterocycles. The van der Waals surface area contributed by atoms with Gasteiger partial charge in [0.05, 0.1) is 6.10 Å². The number of aromatic nitrogens is 1. The van der Waals surface area contributed by atoms with Gasteiger partial charge in [0.15, 0.2) is 0 Å². The summed E-state index contributed by atoms with van der Waals surface area (Å²) in [6.07, 6.45) is 3.86. The highest BCUT2D eigenvalue weighted by molar-refractivity contribution is 5.31. The molecular weight excluding hydrogens is 214 g/mol.